The lowest BCUT2D eigenvalue weighted by atomic mass is 9.99. The molecular formula is C27H30N2O3. The Morgan fingerprint density at radius 1 is 1.09 bits per heavy atom. The highest BCUT2D eigenvalue weighted by atomic mass is 16.5. The molecule has 0 atom stereocenters. The molecule has 4 rings (SSSR count). The summed E-state index contributed by atoms with van der Waals surface area (Å²) >= 11 is 0. The van der Waals surface area contributed by atoms with E-state index in [1.165, 1.54) is 0 Å². The zero-order chi connectivity index (χ0) is 22.7. The van der Waals surface area contributed by atoms with Crippen LogP contribution in [0.3, 0.4) is 0 Å². The molecule has 0 aromatic heterocycles. The lowest BCUT2D eigenvalue weighted by molar-refractivity contribution is -0.118. The third-order valence-corrected chi connectivity index (χ3v) is 5.89. The second-order valence-electron chi connectivity index (χ2n) is 8.62. The SMILES string of the molecule is CCOc1ccc2ccccc2c1C(=O)Nc1ccc2c(c1)CCC(=O)N2CCC(C)C. The smallest absolute Gasteiger partial charge is 0.260 e. The third-order valence-electron chi connectivity index (χ3n) is 5.89. The van der Waals surface area contributed by atoms with E-state index in [0.717, 1.165) is 40.7 Å². The van der Waals surface area contributed by atoms with Crippen molar-refractivity contribution in [3.05, 3.63) is 65.7 Å². The highest BCUT2D eigenvalue weighted by Crippen LogP contribution is 2.33. The van der Waals surface area contributed by atoms with Crippen LogP contribution in [0.2, 0.25) is 0 Å². The van der Waals surface area contributed by atoms with E-state index in [-0.39, 0.29) is 11.8 Å². The number of hydrogen-bond donors (Lipinski definition) is 1. The average molecular weight is 431 g/mol. The lowest BCUT2D eigenvalue weighted by Crippen LogP contribution is -2.36. The van der Waals surface area contributed by atoms with Crippen molar-refractivity contribution in [3.8, 4) is 5.75 Å². The van der Waals surface area contributed by atoms with Gasteiger partial charge in [-0.05, 0) is 66.3 Å². The maximum Gasteiger partial charge on any atom is 0.260 e. The van der Waals surface area contributed by atoms with Crippen LogP contribution < -0.4 is 15.0 Å². The van der Waals surface area contributed by atoms with Crippen molar-refractivity contribution in [3.63, 3.8) is 0 Å². The summed E-state index contributed by atoms with van der Waals surface area (Å²) in [6.45, 7) is 7.45. The Hall–Kier alpha value is -3.34. The fourth-order valence-electron chi connectivity index (χ4n) is 4.23. The first-order valence-electron chi connectivity index (χ1n) is 11.4. The Bertz CT molecular complexity index is 1150. The van der Waals surface area contributed by atoms with Gasteiger partial charge in [0, 0.05) is 24.3 Å². The van der Waals surface area contributed by atoms with Gasteiger partial charge in [-0.25, -0.2) is 0 Å². The first-order chi connectivity index (χ1) is 15.5. The number of carbonyl (C=O) groups is 2. The molecule has 0 bridgehead atoms. The predicted molar refractivity (Wildman–Crippen MR) is 130 cm³/mol. The van der Waals surface area contributed by atoms with Crippen LogP contribution in [0.25, 0.3) is 10.8 Å². The summed E-state index contributed by atoms with van der Waals surface area (Å²) in [5, 5.41) is 4.91. The van der Waals surface area contributed by atoms with Crippen molar-refractivity contribution in [1.82, 2.24) is 0 Å². The van der Waals surface area contributed by atoms with E-state index in [0.29, 0.717) is 36.7 Å². The number of hydrogen-bond acceptors (Lipinski definition) is 3. The molecule has 0 unspecified atom stereocenters. The maximum atomic E-state index is 13.3. The van der Waals surface area contributed by atoms with Crippen LogP contribution in [0.5, 0.6) is 5.75 Å². The Labute approximate surface area is 189 Å². The van der Waals surface area contributed by atoms with Crippen molar-refractivity contribution in [1.29, 1.82) is 0 Å². The number of ether oxygens (including phenoxy) is 1. The van der Waals surface area contributed by atoms with E-state index >= 15 is 0 Å². The monoisotopic (exact) mass is 430 g/mol. The number of fused-ring (bicyclic) bond motifs is 2. The lowest BCUT2D eigenvalue weighted by Gasteiger charge is -2.30. The van der Waals surface area contributed by atoms with Gasteiger partial charge < -0.3 is 15.0 Å². The van der Waals surface area contributed by atoms with Crippen LogP contribution in [0, 0.1) is 5.92 Å². The van der Waals surface area contributed by atoms with Crippen molar-refractivity contribution in [2.75, 3.05) is 23.4 Å². The highest BCUT2D eigenvalue weighted by molar-refractivity contribution is 6.15. The summed E-state index contributed by atoms with van der Waals surface area (Å²) in [6.07, 6.45) is 2.15. The molecule has 0 saturated heterocycles. The Kier molecular flexibility index (Phi) is 6.45. The van der Waals surface area contributed by atoms with Gasteiger partial charge in [-0.2, -0.15) is 0 Å². The molecule has 1 aliphatic rings. The van der Waals surface area contributed by atoms with Gasteiger partial charge >= 0.3 is 0 Å². The first-order valence-corrected chi connectivity index (χ1v) is 11.4. The molecule has 0 saturated carbocycles. The van der Waals surface area contributed by atoms with Crippen LogP contribution in [-0.2, 0) is 11.2 Å². The summed E-state index contributed by atoms with van der Waals surface area (Å²) in [5.74, 6) is 1.08. The summed E-state index contributed by atoms with van der Waals surface area (Å²) in [4.78, 5) is 27.7. The fourth-order valence-corrected chi connectivity index (χ4v) is 4.23. The molecule has 0 aliphatic carbocycles. The van der Waals surface area contributed by atoms with E-state index in [2.05, 4.69) is 19.2 Å². The zero-order valence-corrected chi connectivity index (χ0v) is 19.0. The summed E-state index contributed by atoms with van der Waals surface area (Å²) < 4.78 is 5.76. The first kappa shape index (κ1) is 21.9. The minimum atomic E-state index is -0.200. The van der Waals surface area contributed by atoms with Gasteiger partial charge in [-0.15, -0.1) is 0 Å². The fraction of sp³-hybridized carbons (Fsp3) is 0.333. The molecule has 32 heavy (non-hydrogen) atoms. The zero-order valence-electron chi connectivity index (χ0n) is 19.0. The van der Waals surface area contributed by atoms with Gasteiger partial charge in [0.05, 0.1) is 12.2 Å². The van der Waals surface area contributed by atoms with Gasteiger partial charge in [0.1, 0.15) is 5.75 Å². The quantitative estimate of drug-likeness (QED) is 0.514. The van der Waals surface area contributed by atoms with E-state index in [1.807, 2.05) is 66.4 Å². The van der Waals surface area contributed by atoms with Gasteiger partial charge in [-0.3, -0.25) is 9.59 Å². The number of anilines is 2. The van der Waals surface area contributed by atoms with E-state index in [9.17, 15) is 9.59 Å². The van der Waals surface area contributed by atoms with Crippen LogP contribution in [-0.4, -0.2) is 25.0 Å². The molecule has 1 N–H and O–H groups in total. The minimum absolute atomic E-state index is 0.173. The number of rotatable bonds is 7. The van der Waals surface area contributed by atoms with Crippen molar-refractivity contribution in [2.45, 2.75) is 40.0 Å². The summed E-state index contributed by atoms with van der Waals surface area (Å²) in [5.41, 5.74) is 3.31. The molecule has 5 nitrogen and oxygen atoms in total. The number of nitrogens with zero attached hydrogens (tertiary/aromatic N) is 1. The molecule has 0 radical (unpaired) electrons. The molecule has 3 aromatic rings. The van der Waals surface area contributed by atoms with Gasteiger partial charge in [-0.1, -0.05) is 44.2 Å². The number of nitrogens with one attached hydrogen (secondary N) is 1. The minimum Gasteiger partial charge on any atom is -0.493 e. The molecule has 3 aromatic carbocycles. The van der Waals surface area contributed by atoms with E-state index in [1.54, 1.807) is 0 Å². The number of carbonyl (C=O) groups excluding carboxylic acids is 2. The van der Waals surface area contributed by atoms with E-state index in [4.69, 9.17) is 4.74 Å². The van der Waals surface area contributed by atoms with Crippen LogP contribution in [0.4, 0.5) is 11.4 Å². The standard InChI is InChI=1S/C27H30N2O3/c1-4-32-24-13-9-19-7-5-6-8-22(19)26(24)27(31)28-21-11-12-23-20(17-21)10-14-25(30)29(23)16-15-18(2)3/h5-9,11-13,17-18H,4,10,14-16H2,1-3H3,(H,28,31). The Morgan fingerprint density at radius 2 is 1.91 bits per heavy atom. The summed E-state index contributed by atoms with van der Waals surface area (Å²) in [6, 6.07) is 17.5. The molecule has 1 heterocycles. The Morgan fingerprint density at radius 3 is 2.69 bits per heavy atom. The van der Waals surface area contributed by atoms with Crippen molar-refractivity contribution < 1.29 is 14.3 Å². The van der Waals surface area contributed by atoms with Gasteiger partial charge in [0.15, 0.2) is 0 Å². The predicted octanol–water partition coefficient (Wildman–Crippen LogP) is 5.82. The Balaban J connectivity index is 1.63. The molecule has 166 valence electrons. The molecular weight excluding hydrogens is 400 g/mol. The molecule has 1 aliphatic heterocycles. The number of aryl methyl sites for hydroxylation is 1. The largest absolute Gasteiger partial charge is 0.493 e. The molecule has 5 heteroatoms. The third kappa shape index (κ3) is 4.47. The topological polar surface area (TPSA) is 58.6 Å². The molecule has 0 spiro atoms. The number of benzene rings is 3. The van der Waals surface area contributed by atoms with Crippen molar-refractivity contribution in [2.24, 2.45) is 5.92 Å². The van der Waals surface area contributed by atoms with Crippen LogP contribution in [0.1, 0.15) is 49.5 Å². The van der Waals surface area contributed by atoms with Crippen molar-refractivity contribution >= 4 is 34.0 Å². The second kappa shape index (κ2) is 9.43. The number of amides is 2. The highest BCUT2D eigenvalue weighted by Gasteiger charge is 2.25. The van der Waals surface area contributed by atoms with Crippen LogP contribution >= 0.6 is 0 Å². The summed E-state index contributed by atoms with van der Waals surface area (Å²) in [7, 11) is 0. The normalized spacial score (nSPS) is 13.4. The van der Waals surface area contributed by atoms with E-state index < -0.39 is 0 Å². The van der Waals surface area contributed by atoms with Crippen LogP contribution in [0.15, 0.2) is 54.6 Å². The average Bonchev–Trinajstić information content (AvgIpc) is 2.78. The molecule has 0 fully saturated rings. The molecule has 2 amide bonds. The van der Waals surface area contributed by atoms with Gasteiger partial charge in [0.25, 0.3) is 5.91 Å². The maximum absolute atomic E-state index is 13.3. The second-order valence-corrected chi connectivity index (χ2v) is 8.62. The van der Waals surface area contributed by atoms with Gasteiger partial charge in [0.2, 0.25) is 5.91 Å².